The smallest absolute Gasteiger partial charge is 0.257 e. The van der Waals surface area contributed by atoms with E-state index in [1.54, 1.807) is 28.4 Å². The molecule has 3 aromatic rings. The number of thiophene rings is 1. The third-order valence-corrected chi connectivity index (χ3v) is 6.29. The molecular weight excluding hydrogens is 372 g/mol. The van der Waals surface area contributed by atoms with E-state index in [0.29, 0.717) is 17.4 Å². The fourth-order valence-corrected chi connectivity index (χ4v) is 4.32. The minimum atomic E-state index is 0.0793. The van der Waals surface area contributed by atoms with Crippen molar-refractivity contribution in [1.29, 1.82) is 0 Å². The summed E-state index contributed by atoms with van der Waals surface area (Å²) < 4.78 is 1.78. The quantitative estimate of drug-likeness (QED) is 0.681. The maximum Gasteiger partial charge on any atom is 0.257 e. The average Bonchev–Trinajstić information content (AvgIpc) is 3.24. The number of carbonyl (C=O) groups is 1. The molecule has 1 aliphatic carbocycles. The van der Waals surface area contributed by atoms with E-state index in [0.717, 1.165) is 55.3 Å². The predicted octanol–water partition coefficient (Wildman–Crippen LogP) is 2.66. The van der Waals surface area contributed by atoms with Gasteiger partial charge in [-0.15, -0.1) is 11.3 Å². The molecule has 3 aromatic heterocycles. The lowest BCUT2D eigenvalue weighted by atomic mass is 10.1. The highest BCUT2D eigenvalue weighted by Gasteiger charge is 2.35. The Hall–Kier alpha value is -2.58. The number of rotatable bonds is 4. The van der Waals surface area contributed by atoms with Gasteiger partial charge in [0.15, 0.2) is 0 Å². The van der Waals surface area contributed by atoms with Crippen molar-refractivity contribution in [2.45, 2.75) is 18.8 Å². The third-order valence-electron chi connectivity index (χ3n) is 5.40. The van der Waals surface area contributed by atoms with Gasteiger partial charge in [0.2, 0.25) is 0 Å². The van der Waals surface area contributed by atoms with Crippen LogP contribution in [0.25, 0.3) is 16.5 Å². The van der Waals surface area contributed by atoms with Crippen LogP contribution >= 0.6 is 11.3 Å². The third kappa shape index (κ3) is 3.22. The molecule has 0 bridgehead atoms. The Labute approximate surface area is 167 Å². The summed E-state index contributed by atoms with van der Waals surface area (Å²) in [7, 11) is 2.09. The van der Waals surface area contributed by atoms with Crippen LogP contribution in [0.1, 0.15) is 34.8 Å². The zero-order valence-corrected chi connectivity index (χ0v) is 16.6. The van der Waals surface area contributed by atoms with Gasteiger partial charge >= 0.3 is 0 Å². The average molecular weight is 395 g/mol. The molecule has 0 radical (unpaired) electrons. The minimum absolute atomic E-state index is 0.0793. The van der Waals surface area contributed by atoms with Gasteiger partial charge in [0.1, 0.15) is 0 Å². The van der Waals surface area contributed by atoms with Crippen molar-refractivity contribution in [3.8, 4) is 16.5 Å². The number of likely N-dealkylation sites (N-methyl/N-ethyl adjacent to an activating group) is 1. The lowest BCUT2D eigenvalue weighted by Gasteiger charge is -2.32. The number of aromatic nitrogens is 4. The first kappa shape index (κ1) is 17.5. The van der Waals surface area contributed by atoms with Crippen LogP contribution in [0.5, 0.6) is 0 Å². The summed E-state index contributed by atoms with van der Waals surface area (Å²) in [5, 5.41) is 6.57. The molecule has 5 rings (SSSR count). The van der Waals surface area contributed by atoms with Crippen LogP contribution in [-0.2, 0) is 0 Å². The van der Waals surface area contributed by atoms with Gasteiger partial charge in [-0.3, -0.25) is 4.79 Å². The van der Waals surface area contributed by atoms with E-state index in [-0.39, 0.29) is 5.91 Å². The molecule has 0 N–H and O–H groups in total. The van der Waals surface area contributed by atoms with E-state index < -0.39 is 0 Å². The van der Waals surface area contributed by atoms with Gasteiger partial charge < -0.3 is 9.80 Å². The summed E-state index contributed by atoms with van der Waals surface area (Å²) in [5.74, 6) is 0.976. The summed E-state index contributed by atoms with van der Waals surface area (Å²) in [6.07, 6.45) is 5.63. The van der Waals surface area contributed by atoms with Gasteiger partial charge in [-0.2, -0.15) is 5.10 Å². The first-order chi connectivity index (χ1) is 13.7. The first-order valence-corrected chi connectivity index (χ1v) is 10.5. The van der Waals surface area contributed by atoms with Gasteiger partial charge in [-0.25, -0.2) is 14.6 Å². The first-order valence-electron chi connectivity index (χ1n) is 9.64. The maximum absolute atomic E-state index is 13.2. The molecule has 28 heavy (non-hydrogen) atoms. The van der Waals surface area contributed by atoms with Gasteiger partial charge in [0, 0.05) is 38.3 Å². The van der Waals surface area contributed by atoms with E-state index in [9.17, 15) is 4.79 Å². The Morgan fingerprint density at radius 3 is 2.71 bits per heavy atom. The molecule has 1 saturated carbocycles. The minimum Gasteiger partial charge on any atom is -0.336 e. The summed E-state index contributed by atoms with van der Waals surface area (Å²) in [5.41, 5.74) is 2.55. The molecule has 0 spiro atoms. The topological polar surface area (TPSA) is 67.2 Å². The van der Waals surface area contributed by atoms with Gasteiger partial charge in [-0.05, 0) is 37.4 Å². The van der Waals surface area contributed by atoms with Crippen LogP contribution in [0.2, 0.25) is 0 Å². The fourth-order valence-electron chi connectivity index (χ4n) is 3.62. The molecule has 8 heteroatoms. The zero-order chi connectivity index (χ0) is 19.1. The Morgan fingerprint density at radius 2 is 2.00 bits per heavy atom. The van der Waals surface area contributed by atoms with E-state index in [1.807, 2.05) is 28.5 Å². The van der Waals surface area contributed by atoms with E-state index in [4.69, 9.17) is 4.98 Å². The van der Waals surface area contributed by atoms with Gasteiger partial charge in [0.25, 0.3) is 11.9 Å². The van der Waals surface area contributed by atoms with Crippen molar-refractivity contribution in [1.82, 2.24) is 29.5 Å². The lowest BCUT2D eigenvalue weighted by molar-refractivity contribution is 0.0663. The summed E-state index contributed by atoms with van der Waals surface area (Å²) in [6.45, 7) is 3.33. The molecule has 4 heterocycles. The second-order valence-electron chi connectivity index (χ2n) is 7.44. The highest BCUT2D eigenvalue weighted by atomic mass is 32.1. The Kier molecular flexibility index (Phi) is 4.44. The number of hydrogen-bond donors (Lipinski definition) is 0. The van der Waals surface area contributed by atoms with E-state index in [2.05, 4.69) is 22.0 Å². The van der Waals surface area contributed by atoms with Crippen LogP contribution in [0, 0.1) is 0 Å². The van der Waals surface area contributed by atoms with Crippen LogP contribution in [0.3, 0.4) is 0 Å². The Balaban J connectivity index is 1.50. The highest BCUT2D eigenvalue weighted by Crippen LogP contribution is 2.42. The fraction of sp³-hybridized carbons (Fsp3) is 0.400. The number of hydrogen-bond acceptors (Lipinski definition) is 6. The van der Waals surface area contributed by atoms with E-state index >= 15 is 0 Å². The van der Waals surface area contributed by atoms with Crippen molar-refractivity contribution in [3.05, 3.63) is 47.2 Å². The number of piperazine rings is 1. The Bertz CT molecular complexity index is 986. The molecule has 7 nitrogen and oxygen atoms in total. The largest absolute Gasteiger partial charge is 0.336 e. The molecule has 144 valence electrons. The molecule has 0 aromatic carbocycles. The number of nitrogens with zero attached hydrogens (tertiary/aromatic N) is 6. The molecule has 2 aliphatic rings. The summed E-state index contributed by atoms with van der Waals surface area (Å²) in [6, 6.07) is 5.97. The highest BCUT2D eigenvalue weighted by molar-refractivity contribution is 7.13. The summed E-state index contributed by atoms with van der Waals surface area (Å²) in [4.78, 5) is 27.6. The molecule has 0 atom stereocenters. The molecule has 0 unspecified atom stereocenters. The number of carbonyl (C=O) groups excluding carboxylic acids is 1. The normalized spacial score (nSPS) is 17.8. The molecule has 1 saturated heterocycles. The maximum atomic E-state index is 13.2. The Morgan fingerprint density at radius 1 is 1.18 bits per heavy atom. The number of amides is 1. The van der Waals surface area contributed by atoms with Crippen LogP contribution < -0.4 is 0 Å². The molecule has 1 amide bonds. The zero-order valence-electron chi connectivity index (χ0n) is 15.8. The second kappa shape index (κ2) is 7.10. The van der Waals surface area contributed by atoms with Gasteiger partial charge in [0.05, 0.1) is 28.0 Å². The second-order valence-corrected chi connectivity index (χ2v) is 8.39. The standard InChI is InChI=1S/C20H22N6OS/c1-24-8-10-25(11-9-24)19(27)15-13-22-26(18(15)14-4-5-14)20-21-7-6-16(23-20)17-3-2-12-28-17/h2-3,6-7,12-14H,4-5,8-11H2,1H3. The van der Waals surface area contributed by atoms with Crippen molar-refractivity contribution < 1.29 is 4.79 Å². The van der Waals surface area contributed by atoms with Gasteiger partial charge in [-0.1, -0.05) is 6.07 Å². The SMILES string of the molecule is CN1CCN(C(=O)c2cnn(-c3nccc(-c4cccs4)n3)c2C2CC2)CC1. The van der Waals surface area contributed by atoms with Crippen molar-refractivity contribution in [2.75, 3.05) is 33.2 Å². The molecular formula is C20H22N6OS. The van der Waals surface area contributed by atoms with Crippen LogP contribution in [-0.4, -0.2) is 68.7 Å². The molecule has 2 fully saturated rings. The summed E-state index contributed by atoms with van der Waals surface area (Å²) >= 11 is 1.65. The van der Waals surface area contributed by atoms with Crippen molar-refractivity contribution in [3.63, 3.8) is 0 Å². The van der Waals surface area contributed by atoms with E-state index in [1.165, 1.54) is 0 Å². The lowest BCUT2D eigenvalue weighted by Crippen LogP contribution is -2.47. The molecule has 1 aliphatic heterocycles. The van der Waals surface area contributed by atoms with Crippen LogP contribution in [0.4, 0.5) is 0 Å². The van der Waals surface area contributed by atoms with Crippen molar-refractivity contribution >= 4 is 17.2 Å². The monoisotopic (exact) mass is 394 g/mol. The predicted molar refractivity (Wildman–Crippen MR) is 108 cm³/mol. The van der Waals surface area contributed by atoms with Crippen molar-refractivity contribution in [2.24, 2.45) is 0 Å². The van der Waals surface area contributed by atoms with Crippen LogP contribution in [0.15, 0.2) is 36.0 Å².